The molecular formula is C11H15BrS. The van der Waals surface area contributed by atoms with E-state index in [1.807, 2.05) is 0 Å². The first kappa shape index (κ1) is 11.1. The molecule has 1 unspecified atom stereocenters. The molecule has 0 heterocycles. The molecule has 0 saturated heterocycles. The molecular weight excluding hydrogens is 244 g/mol. The average Bonchev–Trinajstić information content (AvgIpc) is 2.11. The molecule has 0 saturated carbocycles. The van der Waals surface area contributed by atoms with Crippen LogP contribution in [-0.4, -0.2) is 5.75 Å². The molecule has 2 heteroatoms. The topological polar surface area (TPSA) is 0 Å². The Morgan fingerprint density at radius 2 is 2.15 bits per heavy atom. The predicted molar refractivity (Wildman–Crippen MR) is 65.6 cm³/mol. The Labute approximate surface area is 94.3 Å². The molecule has 13 heavy (non-hydrogen) atoms. The number of benzene rings is 1. The van der Waals surface area contributed by atoms with E-state index in [0.29, 0.717) is 5.92 Å². The van der Waals surface area contributed by atoms with Gasteiger partial charge in [0.25, 0.3) is 0 Å². The molecule has 0 aliphatic carbocycles. The van der Waals surface area contributed by atoms with Gasteiger partial charge in [0.05, 0.1) is 0 Å². The standard InChI is InChI=1S/C11H15BrS/c1-8(7-13)5-10-4-3-9(2)11(12)6-10/h3-4,6,8,13H,5,7H2,1-2H3. The van der Waals surface area contributed by atoms with Crippen LogP contribution in [-0.2, 0) is 6.42 Å². The number of halogens is 1. The largest absolute Gasteiger partial charge is 0.179 e. The highest BCUT2D eigenvalue weighted by atomic mass is 79.9. The second-order valence-electron chi connectivity index (χ2n) is 3.58. The van der Waals surface area contributed by atoms with Gasteiger partial charge in [-0.1, -0.05) is 35.0 Å². The molecule has 1 aromatic rings. The third-order valence-electron chi connectivity index (χ3n) is 2.13. The SMILES string of the molecule is Cc1ccc(CC(C)CS)cc1Br. The highest BCUT2D eigenvalue weighted by Gasteiger charge is 2.02. The summed E-state index contributed by atoms with van der Waals surface area (Å²) in [5, 5.41) is 0. The summed E-state index contributed by atoms with van der Waals surface area (Å²) in [6, 6.07) is 6.56. The molecule has 0 aliphatic rings. The van der Waals surface area contributed by atoms with E-state index in [4.69, 9.17) is 0 Å². The lowest BCUT2D eigenvalue weighted by Crippen LogP contribution is -2.00. The Morgan fingerprint density at radius 3 is 2.69 bits per heavy atom. The normalized spacial score (nSPS) is 12.9. The number of aryl methyl sites for hydroxylation is 1. The molecule has 0 nitrogen and oxygen atoms in total. The Bertz CT molecular complexity index is 283. The zero-order valence-electron chi connectivity index (χ0n) is 8.05. The zero-order valence-corrected chi connectivity index (χ0v) is 10.5. The maximum atomic E-state index is 4.28. The van der Waals surface area contributed by atoms with E-state index in [1.165, 1.54) is 15.6 Å². The van der Waals surface area contributed by atoms with E-state index in [2.05, 4.69) is 60.6 Å². The lowest BCUT2D eigenvalue weighted by molar-refractivity contribution is 0.660. The van der Waals surface area contributed by atoms with E-state index in [1.54, 1.807) is 0 Å². The van der Waals surface area contributed by atoms with Crippen molar-refractivity contribution in [1.29, 1.82) is 0 Å². The van der Waals surface area contributed by atoms with Crippen molar-refractivity contribution in [2.24, 2.45) is 5.92 Å². The quantitative estimate of drug-likeness (QED) is 0.783. The lowest BCUT2D eigenvalue weighted by Gasteiger charge is -2.08. The monoisotopic (exact) mass is 258 g/mol. The molecule has 1 rings (SSSR count). The summed E-state index contributed by atoms with van der Waals surface area (Å²) in [5.74, 6) is 1.60. The maximum Gasteiger partial charge on any atom is 0.0207 e. The molecule has 72 valence electrons. The van der Waals surface area contributed by atoms with Gasteiger partial charge in [0.1, 0.15) is 0 Å². The number of rotatable bonds is 3. The van der Waals surface area contributed by atoms with Crippen LogP contribution in [0.15, 0.2) is 22.7 Å². The minimum atomic E-state index is 0.651. The van der Waals surface area contributed by atoms with Crippen molar-refractivity contribution in [3.63, 3.8) is 0 Å². The fourth-order valence-electron chi connectivity index (χ4n) is 1.23. The Morgan fingerprint density at radius 1 is 1.46 bits per heavy atom. The van der Waals surface area contributed by atoms with E-state index in [9.17, 15) is 0 Å². The highest BCUT2D eigenvalue weighted by Crippen LogP contribution is 2.19. The second kappa shape index (κ2) is 5.06. The van der Waals surface area contributed by atoms with Crippen molar-refractivity contribution in [1.82, 2.24) is 0 Å². The summed E-state index contributed by atoms with van der Waals surface area (Å²) in [5.41, 5.74) is 2.68. The van der Waals surface area contributed by atoms with Crippen LogP contribution in [0.2, 0.25) is 0 Å². The smallest absolute Gasteiger partial charge is 0.0207 e. The van der Waals surface area contributed by atoms with Gasteiger partial charge in [0, 0.05) is 4.47 Å². The van der Waals surface area contributed by atoms with Crippen LogP contribution in [0.4, 0.5) is 0 Å². The number of hydrogen-bond donors (Lipinski definition) is 1. The molecule has 0 amide bonds. The van der Waals surface area contributed by atoms with Crippen LogP contribution in [0, 0.1) is 12.8 Å². The summed E-state index contributed by atoms with van der Waals surface area (Å²) in [6.07, 6.45) is 1.11. The van der Waals surface area contributed by atoms with Gasteiger partial charge in [-0.15, -0.1) is 0 Å². The fourth-order valence-corrected chi connectivity index (χ4v) is 1.79. The first-order valence-corrected chi connectivity index (χ1v) is 5.92. The summed E-state index contributed by atoms with van der Waals surface area (Å²) in [6.45, 7) is 4.33. The average molecular weight is 259 g/mol. The minimum Gasteiger partial charge on any atom is -0.179 e. The molecule has 0 bridgehead atoms. The fraction of sp³-hybridized carbons (Fsp3) is 0.455. The molecule has 0 fully saturated rings. The van der Waals surface area contributed by atoms with Gasteiger partial charge in [-0.05, 0) is 42.2 Å². The van der Waals surface area contributed by atoms with Crippen molar-refractivity contribution >= 4 is 28.6 Å². The van der Waals surface area contributed by atoms with E-state index in [0.717, 1.165) is 12.2 Å². The van der Waals surface area contributed by atoms with Crippen LogP contribution < -0.4 is 0 Å². The van der Waals surface area contributed by atoms with Gasteiger partial charge in [-0.2, -0.15) is 12.6 Å². The zero-order chi connectivity index (χ0) is 9.84. The third kappa shape index (κ3) is 3.35. The van der Waals surface area contributed by atoms with Crippen LogP contribution in [0.1, 0.15) is 18.1 Å². The Hall–Kier alpha value is 0.0500. The molecule has 0 N–H and O–H groups in total. The number of thiol groups is 1. The Kier molecular flexibility index (Phi) is 4.33. The van der Waals surface area contributed by atoms with E-state index < -0.39 is 0 Å². The highest BCUT2D eigenvalue weighted by molar-refractivity contribution is 9.10. The van der Waals surface area contributed by atoms with Crippen LogP contribution in [0.5, 0.6) is 0 Å². The first-order chi connectivity index (χ1) is 6.13. The van der Waals surface area contributed by atoms with Crippen LogP contribution >= 0.6 is 28.6 Å². The predicted octanol–water partition coefficient (Wildman–Crippen LogP) is 3.87. The van der Waals surface area contributed by atoms with Crippen molar-refractivity contribution in [2.45, 2.75) is 20.3 Å². The van der Waals surface area contributed by atoms with Crippen LogP contribution in [0.25, 0.3) is 0 Å². The van der Waals surface area contributed by atoms with Gasteiger partial charge >= 0.3 is 0 Å². The van der Waals surface area contributed by atoms with Gasteiger partial charge < -0.3 is 0 Å². The van der Waals surface area contributed by atoms with Crippen molar-refractivity contribution in [3.05, 3.63) is 33.8 Å². The molecule has 0 aliphatic heterocycles. The molecule has 0 aromatic heterocycles. The molecule has 0 radical (unpaired) electrons. The lowest BCUT2D eigenvalue weighted by atomic mass is 10.0. The van der Waals surface area contributed by atoms with Crippen molar-refractivity contribution < 1.29 is 0 Å². The third-order valence-corrected chi connectivity index (χ3v) is 3.61. The van der Waals surface area contributed by atoms with Crippen molar-refractivity contribution in [2.75, 3.05) is 5.75 Å². The van der Waals surface area contributed by atoms with Gasteiger partial charge in [0.15, 0.2) is 0 Å². The van der Waals surface area contributed by atoms with Gasteiger partial charge in [0.2, 0.25) is 0 Å². The van der Waals surface area contributed by atoms with E-state index in [-0.39, 0.29) is 0 Å². The Balaban J connectivity index is 2.73. The van der Waals surface area contributed by atoms with Crippen molar-refractivity contribution in [3.8, 4) is 0 Å². The maximum absolute atomic E-state index is 4.28. The number of hydrogen-bond acceptors (Lipinski definition) is 1. The first-order valence-electron chi connectivity index (χ1n) is 4.49. The summed E-state index contributed by atoms with van der Waals surface area (Å²) >= 11 is 7.82. The molecule has 1 aromatic carbocycles. The van der Waals surface area contributed by atoms with Gasteiger partial charge in [-0.3, -0.25) is 0 Å². The molecule has 1 atom stereocenters. The summed E-state index contributed by atoms with van der Waals surface area (Å²) in [7, 11) is 0. The summed E-state index contributed by atoms with van der Waals surface area (Å²) in [4.78, 5) is 0. The minimum absolute atomic E-state index is 0.651. The molecule has 0 spiro atoms. The van der Waals surface area contributed by atoms with Crippen LogP contribution in [0.3, 0.4) is 0 Å². The van der Waals surface area contributed by atoms with Gasteiger partial charge in [-0.25, -0.2) is 0 Å². The summed E-state index contributed by atoms with van der Waals surface area (Å²) < 4.78 is 1.20. The second-order valence-corrected chi connectivity index (χ2v) is 4.79. The van der Waals surface area contributed by atoms with E-state index >= 15 is 0 Å².